The van der Waals surface area contributed by atoms with Crippen molar-refractivity contribution in [1.82, 2.24) is 0 Å². The molecule has 0 aromatic heterocycles. The molecule has 0 amide bonds. The molecule has 0 spiro atoms. The van der Waals surface area contributed by atoms with Crippen LogP contribution in [-0.4, -0.2) is 22.4 Å². The van der Waals surface area contributed by atoms with E-state index in [9.17, 15) is 4.79 Å². The van der Waals surface area contributed by atoms with E-state index < -0.39 is 0 Å². The molecule has 0 unspecified atom stereocenters. The summed E-state index contributed by atoms with van der Waals surface area (Å²) in [4.78, 5) is 13.4. The van der Waals surface area contributed by atoms with Crippen LogP contribution in [0.4, 0.5) is 0 Å². The summed E-state index contributed by atoms with van der Waals surface area (Å²) in [6, 6.07) is 8.12. The second kappa shape index (κ2) is 5.78. The van der Waals surface area contributed by atoms with E-state index in [1.165, 1.54) is 17.7 Å². The Labute approximate surface area is 104 Å². The lowest BCUT2D eigenvalue weighted by atomic mass is 10.2. The Morgan fingerprint density at radius 1 is 1.25 bits per heavy atom. The molecule has 3 heteroatoms. The largest absolute Gasteiger partial charge is 0.361 e. The summed E-state index contributed by atoms with van der Waals surface area (Å²) < 4.78 is 0. The second-order valence-electron chi connectivity index (χ2n) is 3.85. The van der Waals surface area contributed by atoms with Gasteiger partial charge in [-0.3, -0.25) is 0 Å². The maximum Gasteiger partial charge on any atom is 0.361 e. The average molecular weight is 253 g/mol. The van der Waals surface area contributed by atoms with Crippen LogP contribution >= 0.6 is 11.8 Å². The lowest BCUT2D eigenvalue weighted by molar-refractivity contribution is 0.108. The highest BCUT2D eigenvalue weighted by molar-refractivity contribution is 8.11. The molecule has 0 aliphatic carbocycles. The molecule has 1 fully saturated rings. The van der Waals surface area contributed by atoms with E-state index in [2.05, 4.69) is 19.1 Å². The number of hydrogen-bond acceptors (Lipinski definition) is 2. The van der Waals surface area contributed by atoms with Gasteiger partial charge in [-0.15, -0.1) is 11.8 Å². The van der Waals surface area contributed by atoms with Crippen LogP contribution in [0, 0.1) is 0 Å². The van der Waals surface area contributed by atoms with Gasteiger partial charge in [0.05, 0.1) is 16.5 Å². The maximum absolute atomic E-state index is 12.1. The van der Waals surface area contributed by atoms with Crippen molar-refractivity contribution >= 4 is 27.8 Å². The van der Waals surface area contributed by atoms with Crippen molar-refractivity contribution < 1.29 is 4.79 Å². The molecule has 1 nitrogen and oxygen atoms in total. The smallest absolute Gasteiger partial charge is 0.232 e. The summed E-state index contributed by atoms with van der Waals surface area (Å²) >= 11 is 1.82. The van der Waals surface area contributed by atoms with Crippen molar-refractivity contribution in [2.24, 2.45) is 0 Å². The van der Waals surface area contributed by atoms with Gasteiger partial charge in [-0.1, -0.05) is 6.92 Å². The van der Waals surface area contributed by atoms with E-state index in [1.54, 1.807) is 0 Å². The third-order valence-electron chi connectivity index (χ3n) is 2.69. The van der Waals surface area contributed by atoms with Crippen LogP contribution in [0.2, 0.25) is 0 Å². The highest BCUT2D eigenvalue weighted by atomic mass is 32.2. The standard InChI is InChI=1S/C13H17OS2/c1-2-15-12-7-5-11(6-8-12)13(14)16-9-3-4-10-16/h5-8H,2-4,9-10H2,1H3/q+1. The molecule has 1 aliphatic rings. The molecule has 1 heterocycles. The van der Waals surface area contributed by atoms with Crippen molar-refractivity contribution in [2.75, 3.05) is 17.3 Å². The summed E-state index contributed by atoms with van der Waals surface area (Å²) in [5, 5.41) is 0.380. The molecule has 0 bridgehead atoms. The zero-order chi connectivity index (χ0) is 11.4. The van der Waals surface area contributed by atoms with Gasteiger partial charge in [0.2, 0.25) is 0 Å². The summed E-state index contributed by atoms with van der Waals surface area (Å²) in [5.41, 5.74) is 0.908. The van der Waals surface area contributed by atoms with Crippen LogP contribution in [0.3, 0.4) is 0 Å². The Balaban J connectivity index is 2.05. The van der Waals surface area contributed by atoms with E-state index in [1.807, 2.05) is 23.9 Å². The predicted octanol–water partition coefficient (Wildman–Crippen LogP) is 3.35. The molecule has 2 rings (SSSR count). The third kappa shape index (κ3) is 2.83. The molecule has 86 valence electrons. The fraction of sp³-hybridized carbons (Fsp3) is 0.462. The number of hydrogen-bond donors (Lipinski definition) is 0. The molecule has 0 N–H and O–H groups in total. The number of rotatable bonds is 3. The van der Waals surface area contributed by atoms with Crippen molar-refractivity contribution in [1.29, 1.82) is 0 Å². The van der Waals surface area contributed by atoms with E-state index in [0.717, 1.165) is 22.8 Å². The minimum Gasteiger partial charge on any atom is -0.232 e. The highest BCUT2D eigenvalue weighted by Gasteiger charge is 2.33. The van der Waals surface area contributed by atoms with Crippen molar-refractivity contribution in [3.8, 4) is 0 Å². The van der Waals surface area contributed by atoms with Gasteiger partial charge in [-0.25, -0.2) is 4.79 Å². The molecule has 1 aromatic rings. The molecular weight excluding hydrogens is 236 g/mol. The molecule has 0 radical (unpaired) electrons. The lowest BCUT2D eigenvalue weighted by Gasteiger charge is -2.01. The minimum atomic E-state index is 0.0209. The Hall–Kier alpha value is -0.410. The van der Waals surface area contributed by atoms with Crippen molar-refractivity contribution in [3.05, 3.63) is 29.8 Å². The number of benzene rings is 1. The van der Waals surface area contributed by atoms with Gasteiger partial charge in [0.1, 0.15) is 11.5 Å². The number of carbonyl (C=O) groups excluding carboxylic acids is 1. The van der Waals surface area contributed by atoms with E-state index in [4.69, 9.17) is 0 Å². The monoisotopic (exact) mass is 253 g/mol. The van der Waals surface area contributed by atoms with Crippen LogP contribution in [0.15, 0.2) is 29.2 Å². The third-order valence-corrected chi connectivity index (χ3v) is 5.91. The van der Waals surface area contributed by atoms with Crippen LogP contribution in [0.1, 0.15) is 30.1 Å². The molecular formula is C13H17OS2+. The molecule has 0 atom stereocenters. The maximum atomic E-state index is 12.1. The Kier molecular flexibility index (Phi) is 4.36. The molecule has 1 saturated heterocycles. The first-order valence-corrected chi connectivity index (χ1v) is 8.31. The van der Waals surface area contributed by atoms with Gasteiger partial charge in [0.15, 0.2) is 0 Å². The van der Waals surface area contributed by atoms with Crippen LogP contribution in [0.5, 0.6) is 0 Å². The van der Waals surface area contributed by atoms with Crippen molar-refractivity contribution in [3.63, 3.8) is 0 Å². The zero-order valence-corrected chi connectivity index (χ0v) is 11.2. The van der Waals surface area contributed by atoms with Gasteiger partial charge in [0, 0.05) is 4.90 Å². The molecule has 16 heavy (non-hydrogen) atoms. The molecule has 1 aliphatic heterocycles. The Bertz CT molecular complexity index is 353. The van der Waals surface area contributed by atoms with Gasteiger partial charge in [-0.05, 0) is 42.9 Å². The topological polar surface area (TPSA) is 17.1 Å². The summed E-state index contributed by atoms with van der Waals surface area (Å²) in [7, 11) is 0.0209. The van der Waals surface area contributed by atoms with Gasteiger partial charge in [-0.2, -0.15) is 0 Å². The fourth-order valence-electron chi connectivity index (χ4n) is 1.86. The predicted molar refractivity (Wildman–Crippen MR) is 73.5 cm³/mol. The summed E-state index contributed by atoms with van der Waals surface area (Å²) in [6.45, 7) is 2.14. The van der Waals surface area contributed by atoms with E-state index >= 15 is 0 Å². The first-order valence-electron chi connectivity index (χ1n) is 5.76. The quantitative estimate of drug-likeness (QED) is 0.607. The van der Waals surface area contributed by atoms with E-state index in [0.29, 0.717) is 5.12 Å². The van der Waals surface area contributed by atoms with Gasteiger partial charge >= 0.3 is 5.12 Å². The zero-order valence-electron chi connectivity index (χ0n) is 9.57. The molecule has 1 aromatic carbocycles. The summed E-state index contributed by atoms with van der Waals surface area (Å²) in [6.07, 6.45) is 2.47. The second-order valence-corrected chi connectivity index (χ2v) is 7.36. The normalized spacial score (nSPS) is 16.6. The SMILES string of the molecule is CCSc1ccc(C(=O)[S+]2CCCC2)cc1. The van der Waals surface area contributed by atoms with Gasteiger partial charge < -0.3 is 0 Å². The first kappa shape index (κ1) is 12.1. The highest BCUT2D eigenvalue weighted by Crippen LogP contribution is 2.22. The van der Waals surface area contributed by atoms with Crippen LogP contribution < -0.4 is 0 Å². The molecule has 0 saturated carbocycles. The van der Waals surface area contributed by atoms with Crippen LogP contribution in [0.25, 0.3) is 0 Å². The number of thioether (sulfide) groups is 1. The minimum absolute atomic E-state index is 0.0209. The lowest BCUT2D eigenvalue weighted by Crippen LogP contribution is -2.16. The first-order chi connectivity index (χ1) is 7.81. The summed E-state index contributed by atoms with van der Waals surface area (Å²) in [5.74, 6) is 3.31. The van der Waals surface area contributed by atoms with Crippen LogP contribution in [-0.2, 0) is 10.9 Å². The Morgan fingerprint density at radius 3 is 2.44 bits per heavy atom. The average Bonchev–Trinajstić information content (AvgIpc) is 2.83. The van der Waals surface area contributed by atoms with Crippen molar-refractivity contribution in [2.45, 2.75) is 24.7 Å². The Morgan fingerprint density at radius 2 is 1.88 bits per heavy atom. The van der Waals surface area contributed by atoms with Gasteiger partial charge in [0.25, 0.3) is 0 Å². The number of carbonyl (C=O) groups is 1. The fourth-order valence-corrected chi connectivity index (χ4v) is 4.67. The van der Waals surface area contributed by atoms with E-state index in [-0.39, 0.29) is 10.9 Å².